The van der Waals surface area contributed by atoms with Crippen LogP contribution < -0.4 is 15.5 Å². The highest BCUT2D eigenvalue weighted by molar-refractivity contribution is 5.38. The van der Waals surface area contributed by atoms with Gasteiger partial charge in [0.1, 0.15) is 18.4 Å². The van der Waals surface area contributed by atoms with Crippen LogP contribution in [0.3, 0.4) is 0 Å². The molecule has 0 saturated heterocycles. The first-order chi connectivity index (χ1) is 16.2. The fraction of sp³-hybridized carbons (Fsp3) is 0.250. The van der Waals surface area contributed by atoms with Gasteiger partial charge in [-0.25, -0.2) is 0 Å². The van der Waals surface area contributed by atoms with Crippen LogP contribution in [0, 0.1) is 0 Å². The molecule has 1 aliphatic heterocycles. The van der Waals surface area contributed by atoms with Crippen molar-refractivity contribution in [2.45, 2.75) is 32.5 Å². The molecule has 9 heteroatoms. The van der Waals surface area contributed by atoms with Gasteiger partial charge in [0.2, 0.25) is 5.88 Å². The van der Waals surface area contributed by atoms with Gasteiger partial charge in [-0.15, -0.1) is 20.8 Å². The van der Waals surface area contributed by atoms with Crippen LogP contribution in [0.25, 0.3) is 5.65 Å². The predicted molar refractivity (Wildman–Crippen MR) is 122 cm³/mol. The molecule has 0 amide bonds. The highest BCUT2D eigenvalue weighted by Crippen LogP contribution is 2.21. The molecular weight excluding hydrogens is 418 g/mol. The third kappa shape index (κ3) is 5.16. The number of allylic oxidation sites excluding steroid dienone is 1. The van der Waals surface area contributed by atoms with Gasteiger partial charge in [0.15, 0.2) is 11.5 Å². The number of hydroxylamine groups is 1. The molecule has 0 aliphatic carbocycles. The van der Waals surface area contributed by atoms with Gasteiger partial charge in [0.05, 0.1) is 11.4 Å². The monoisotopic (exact) mass is 443 g/mol. The minimum absolute atomic E-state index is 0.213. The van der Waals surface area contributed by atoms with E-state index in [2.05, 4.69) is 50.4 Å². The van der Waals surface area contributed by atoms with E-state index in [1.165, 1.54) is 5.56 Å². The Morgan fingerprint density at radius 1 is 1.03 bits per heavy atom. The molecule has 0 radical (unpaired) electrons. The van der Waals surface area contributed by atoms with E-state index in [9.17, 15) is 0 Å². The third-order valence-electron chi connectivity index (χ3n) is 5.26. The summed E-state index contributed by atoms with van der Waals surface area (Å²) in [7, 11) is 0. The van der Waals surface area contributed by atoms with E-state index in [0.29, 0.717) is 30.5 Å². The Labute approximate surface area is 191 Å². The standard InChI is InChI=1S/C24H25N7O2/c1-17-14-21(30-33-17)24-28-27-22-10-11-23(29-31(22)24)32-16-20-9-5-8-19(26-20)15-25-13-12-18-6-3-2-4-7-18/h2-11,14,21,25,30H,12-13,15-16H2,1H3. The second kappa shape index (κ2) is 9.76. The van der Waals surface area contributed by atoms with Crippen LogP contribution in [0.5, 0.6) is 5.88 Å². The van der Waals surface area contributed by atoms with Crippen LogP contribution in [0.15, 0.2) is 72.5 Å². The average Bonchev–Trinajstić information content (AvgIpc) is 3.47. The molecule has 168 valence electrons. The summed E-state index contributed by atoms with van der Waals surface area (Å²) in [4.78, 5) is 9.99. The van der Waals surface area contributed by atoms with E-state index in [-0.39, 0.29) is 6.04 Å². The number of hydrogen-bond donors (Lipinski definition) is 2. The van der Waals surface area contributed by atoms with Crippen molar-refractivity contribution in [2.75, 3.05) is 6.54 Å². The largest absolute Gasteiger partial charge is 0.470 e. The third-order valence-corrected chi connectivity index (χ3v) is 5.26. The lowest BCUT2D eigenvalue weighted by Crippen LogP contribution is -2.18. The van der Waals surface area contributed by atoms with Gasteiger partial charge in [-0.05, 0) is 49.7 Å². The first-order valence-electron chi connectivity index (χ1n) is 10.9. The smallest absolute Gasteiger partial charge is 0.232 e. The lowest BCUT2D eigenvalue weighted by atomic mass is 10.1. The molecule has 3 aromatic heterocycles. The molecule has 1 aliphatic rings. The lowest BCUT2D eigenvalue weighted by molar-refractivity contribution is 0.115. The minimum Gasteiger partial charge on any atom is -0.470 e. The summed E-state index contributed by atoms with van der Waals surface area (Å²) in [5.41, 5.74) is 6.68. The van der Waals surface area contributed by atoms with Gasteiger partial charge >= 0.3 is 0 Å². The van der Waals surface area contributed by atoms with Gasteiger partial charge in [-0.1, -0.05) is 36.4 Å². The zero-order valence-electron chi connectivity index (χ0n) is 18.3. The summed E-state index contributed by atoms with van der Waals surface area (Å²) in [5.74, 6) is 1.88. The van der Waals surface area contributed by atoms with Crippen molar-refractivity contribution >= 4 is 5.65 Å². The molecule has 1 atom stereocenters. The van der Waals surface area contributed by atoms with Crippen LogP contribution in [0.4, 0.5) is 0 Å². The molecular formula is C24H25N7O2. The van der Waals surface area contributed by atoms with Crippen molar-refractivity contribution in [3.05, 3.63) is 95.3 Å². The molecule has 0 bridgehead atoms. The van der Waals surface area contributed by atoms with Crippen molar-refractivity contribution in [1.82, 2.24) is 35.6 Å². The number of hydrogen-bond acceptors (Lipinski definition) is 8. The van der Waals surface area contributed by atoms with E-state index in [0.717, 1.165) is 30.1 Å². The quantitative estimate of drug-likeness (QED) is 0.381. The van der Waals surface area contributed by atoms with Crippen LogP contribution in [-0.2, 0) is 24.4 Å². The highest BCUT2D eigenvalue weighted by Gasteiger charge is 2.22. The Hall–Kier alpha value is -3.82. The second-order valence-electron chi connectivity index (χ2n) is 7.80. The average molecular weight is 444 g/mol. The summed E-state index contributed by atoms with van der Waals surface area (Å²) in [6.45, 7) is 3.79. The molecule has 33 heavy (non-hydrogen) atoms. The normalized spacial score (nSPS) is 15.4. The maximum atomic E-state index is 5.91. The molecule has 0 spiro atoms. The Bertz CT molecular complexity index is 1260. The van der Waals surface area contributed by atoms with Crippen molar-refractivity contribution in [3.63, 3.8) is 0 Å². The molecule has 4 heterocycles. The van der Waals surface area contributed by atoms with Crippen LogP contribution in [-0.4, -0.2) is 31.3 Å². The first-order valence-corrected chi connectivity index (χ1v) is 10.9. The number of benzene rings is 1. The van der Waals surface area contributed by atoms with Crippen molar-refractivity contribution in [3.8, 4) is 5.88 Å². The Morgan fingerprint density at radius 2 is 1.91 bits per heavy atom. The van der Waals surface area contributed by atoms with Crippen LogP contribution in [0.1, 0.15) is 35.7 Å². The van der Waals surface area contributed by atoms with E-state index < -0.39 is 0 Å². The molecule has 1 aromatic carbocycles. The van der Waals surface area contributed by atoms with Crippen molar-refractivity contribution < 1.29 is 9.57 Å². The lowest BCUT2D eigenvalue weighted by Gasteiger charge is -2.09. The fourth-order valence-corrected chi connectivity index (χ4v) is 3.60. The topological polar surface area (TPSA) is 98.5 Å². The highest BCUT2D eigenvalue weighted by atomic mass is 16.7. The number of ether oxygens (including phenoxy) is 1. The molecule has 1 unspecified atom stereocenters. The number of fused-ring (bicyclic) bond motifs is 1. The number of aromatic nitrogens is 5. The zero-order chi connectivity index (χ0) is 22.5. The van der Waals surface area contributed by atoms with E-state index in [1.807, 2.05) is 43.3 Å². The van der Waals surface area contributed by atoms with Gasteiger partial charge in [-0.2, -0.15) is 4.52 Å². The Morgan fingerprint density at radius 3 is 2.76 bits per heavy atom. The first kappa shape index (κ1) is 21.0. The predicted octanol–water partition coefficient (Wildman–Crippen LogP) is 2.91. The minimum atomic E-state index is -0.213. The Kier molecular flexibility index (Phi) is 6.23. The summed E-state index contributed by atoms with van der Waals surface area (Å²) in [6, 6.07) is 19.8. The number of rotatable bonds is 9. The maximum Gasteiger partial charge on any atom is 0.232 e. The molecule has 2 N–H and O–H groups in total. The van der Waals surface area contributed by atoms with Gasteiger partial charge in [0.25, 0.3) is 0 Å². The summed E-state index contributed by atoms with van der Waals surface area (Å²) >= 11 is 0. The van der Waals surface area contributed by atoms with Crippen LogP contribution >= 0.6 is 0 Å². The van der Waals surface area contributed by atoms with E-state index in [1.54, 1.807) is 10.6 Å². The Balaban J connectivity index is 1.18. The molecule has 5 rings (SSSR count). The summed E-state index contributed by atoms with van der Waals surface area (Å²) in [5, 5.41) is 16.4. The number of pyridine rings is 1. The van der Waals surface area contributed by atoms with Crippen molar-refractivity contribution in [1.29, 1.82) is 0 Å². The SMILES string of the molecule is CC1=CC(c2nnc3ccc(OCc4cccc(CNCCc5ccccc5)n4)nn23)NO1. The fourth-order valence-electron chi connectivity index (χ4n) is 3.60. The van der Waals surface area contributed by atoms with E-state index >= 15 is 0 Å². The summed E-state index contributed by atoms with van der Waals surface area (Å²) < 4.78 is 7.57. The van der Waals surface area contributed by atoms with E-state index in [4.69, 9.17) is 14.6 Å². The maximum absolute atomic E-state index is 5.91. The number of nitrogens with zero attached hydrogens (tertiary/aromatic N) is 5. The van der Waals surface area contributed by atoms with Crippen LogP contribution in [0.2, 0.25) is 0 Å². The van der Waals surface area contributed by atoms with Crippen molar-refractivity contribution in [2.24, 2.45) is 0 Å². The second-order valence-corrected chi connectivity index (χ2v) is 7.80. The molecule has 0 fully saturated rings. The molecule has 0 saturated carbocycles. The number of nitrogens with one attached hydrogen (secondary N) is 2. The summed E-state index contributed by atoms with van der Waals surface area (Å²) in [6.07, 6.45) is 2.91. The zero-order valence-corrected chi connectivity index (χ0v) is 18.3. The molecule has 9 nitrogen and oxygen atoms in total. The van der Waals surface area contributed by atoms with Gasteiger partial charge < -0.3 is 14.9 Å². The molecule has 4 aromatic rings. The van der Waals surface area contributed by atoms with Gasteiger partial charge in [-0.3, -0.25) is 4.98 Å². The van der Waals surface area contributed by atoms with Gasteiger partial charge in [0, 0.05) is 12.6 Å².